The van der Waals surface area contributed by atoms with E-state index in [9.17, 15) is 5.11 Å². The van der Waals surface area contributed by atoms with Gasteiger partial charge in [-0.15, -0.1) is 0 Å². The molecule has 1 aliphatic heterocycles. The van der Waals surface area contributed by atoms with Crippen molar-refractivity contribution < 1.29 is 5.11 Å². The third-order valence-corrected chi connectivity index (χ3v) is 7.49. The number of hydrogen-bond acceptors (Lipinski definition) is 6. The van der Waals surface area contributed by atoms with Gasteiger partial charge in [-0.3, -0.25) is 4.90 Å². The van der Waals surface area contributed by atoms with E-state index in [1.165, 1.54) is 11.1 Å². The second-order valence-electron chi connectivity index (χ2n) is 10.4. The molecule has 2 aromatic heterocycles. The SMILES string of the molecule is Cc1ccc(Cc2nc(N3CCCN(Cc4ccccc4O)CC3)c3c(C)nn(-c4ccccc4)c3n2)cc1. The molecular formula is C32H34N6O. The van der Waals surface area contributed by atoms with Gasteiger partial charge < -0.3 is 10.0 Å². The van der Waals surface area contributed by atoms with Crippen LogP contribution in [0.5, 0.6) is 5.75 Å². The fraction of sp³-hybridized carbons (Fsp3) is 0.281. The van der Waals surface area contributed by atoms with Gasteiger partial charge in [0, 0.05) is 44.7 Å². The number of fused-ring (bicyclic) bond motifs is 1. The van der Waals surface area contributed by atoms with Crippen LogP contribution in [0.3, 0.4) is 0 Å². The van der Waals surface area contributed by atoms with Crippen LogP contribution in [0.1, 0.15) is 34.6 Å². The lowest BCUT2D eigenvalue weighted by atomic mass is 10.1. The van der Waals surface area contributed by atoms with Crippen LogP contribution in [-0.2, 0) is 13.0 Å². The van der Waals surface area contributed by atoms with E-state index in [2.05, 4.69) is 60.0 Å². The van der Waals surface area contributed by atoms with Gasteiger partial charge in [-0.25, -0.2) is 14.6 Å². The molecule has 0 spiro atoms. The standard InChI is InChI=1S/C32H34N6O/c1-23-13-15-25(16-14-23)21-29-33-31(30-24(2)35-38(32(30)34-29)27-10-4-3-5-11-27)37-18-8-17-36(19-20-37)22-26-9-6-7-12-28(26)39/h3-7,9-16,39H,8,17-22H2,1-2H3. The first-order valence-electron chi connectivity index (χ1n) is 13.7. The summed E-state index contributed by atoms with van der Waals surface area (Å²) in [5.41, 5.74) is 6.17. The number of rotatable bonds is 6. The number of aromatic hydroxyl groups is 1. The van der Waals surface area contributed by atoms with Crippen LogP contribution >= 0.6 is 0 Å². The molecule has 3 aromatic carbocycles. The Hall–Kier alpha value is -4.23. The Morgan fingerprint density at radius 3 is 2.36 bits per heavy atom. The van der Waals surface area contributed by atoms with Crippen LogP contribution in [0.2, 0.25) is 0 Å². The third-order valence-electron chi connectivity index (χ3n) is 7.49. The summed E-state index contributed by atoms with van der Waals surface area (Å²) in [4.78, 5) is 15.1. The molecule has 1 aliphatic rings. The van der Waals surface area contributed by atoms with E-state index in [4.69, 9.17) is 15.1 Å². The van der Waals surface area contributed by atoms with Crippen LogP contribution in [0, 0.1) is 13.8 Å². The van der Waals surface area contributed by atoms with Crippen LogP contribution in [0.25, 0.3) is 16.7 Å². The van der Waals surface area contributed by atoms with Crippen molar-refractivity contribution in [3.05, 3.63) is 107 Å². The van der Waals surface area contributed by atoms with E-state index in [0.29, 0.717) is 12.2 Å². The van der Waals surface area contributed by atoms with Crippen LogP contribution in [-0.4, -0.2) is 55.9 Å². The lowest BCUT2D eigenvalue weighted by Crippen LogP contribution is -2.31. The molecule has 7 nitrogen and oxygen atoms in total. The minimum Gasteiger partial charge on any atom is -0.508 e. The number of anilines is 1. The highest BCUT2D eigenvalue weighted by atomic mass is 16.3. The number of aromatic nitrogens is 4. The maximum absolute atomic E-state index is 10.3. The van der Waals surface area contributed by atoms with Gasteiger partial charge in [-0.1, -0.05) is 66.2 Å². The minimum absolute atomic E-state index is 0.362. The van der Waals surface area contributed by atoms with Gasteiger partial charge in [0.15, 0.2) is 5.65 Å². The number of hydrogen-bond donors (Lipinski definition) is 1. The maximum Gasteiger partial charge on any atom is 0.169 e. The Labute approximate surface area is 229 Å². The molecule has 0 unspecified atom stereocenters. The minimum atomic E-state index is 0.362. The Balaban J connectivity index is 1.37. The van der Waals surface area contributed by atoms with Gasteiger partial charge in [0.1, 0.15) is 17.4 Å². The fourth-order valence-electron chi connectivity index (χ4n) is 5.38. The number of aryl methyl sites for hydroxylation is 2. The molecule has 0 amide bonds. The molecule has 198 valence electrons. The molecule has 0 bridgehead atoms. The Morgan fingerprint density at radius 1 is 0.795 bits per heavy atom. The second-order valence-corrected chi connectivity index (χ2v) is 10.4. The Morgan fingerprint density at radius 2 is 1.56 bits per heavy atom. The average molecular weight is 519 g/mol. The first kappa shape index (κ1) is 25.1. The van der Waals surface area contributed by atoms with Crippen LogP contribution in [0.4, 0.5) is 5.82 Å². The van der Waals surface area contributed by atoms with Gasteiger partial charge in [0.25, 0.3) is 0 Å². The molecule has 5 aromatic rings. The molecule has 1 fully saturated rings. The highest BCUT2D eigenvalue weighted by Crippen LogP contribution is 2.30. The number of para-hydroxylation sites is 2. The summed E-state index contributed by atoms with van der Waals surface area (Å²) in [5, 5.41) is 16.2. The highest BCUT2D eigenvalue weighted by Gasteiger charge is 2.24. The molecular weight excluding hydrogens is 484 g/mol. The van der Waals surface area contributed by atoms with Crippen LogP contribution in [0.15, 0.2) is 78.9 Å². The van der Waals surface area contributed by atoms with Crippen molar-refractivity contribution in [2.45, 2.75) is 33.2 Å². The highest BCUT2D eigenvalue weighted by molar-refractivity contribution is 5.91. The van der Waals surface area contributed by atoms with Crippen molar-refractivity contribution >= 4 is 16.9 Å². The van der Waals surface area contributed by atoms with Crippen molar-refractivity contribution in [1.82, 2.24) is 24.6 Å². The summed E-state index contributed by atoms with van der Waals surface area (Å²) in [6.45, 7) is 8.51. The summed E-state index contributed by atoms with van der Waals surface area (Å²) in [6, 6.07) is 26.4. The lowest BCUT2D eigenvalue weighted by molar-refractivity contribution is 0.281. The fourth-order valence-corrected chi connectivity index (χ4v) is 5.38. The number of phenolic OH excluding ortho intramolecular Hbond substituents is 1. The summed E-state index contributed by atoms with van der Waals surface area (Å²) < 4.78 is 1.96. The average Bonchev–Trinajstić information content (AvgIpc) is 3.12. The normalized spacial score (nSPS) is 14.6. The van der Waals surface area contributed by atoms with E-state index in [0.717, 1.165) is 78.8 Å². The van der Waals surface area contributed by atoms with E-state index in [-0.39, 0.29) is 0 Å². The molecule has 0 aliphatic carbocycles. The van der Waals surface area contributed by atoms with Gasteiger partial charge in [0.2, 0.25) is 0 Å². The molecule has 0 radical (unpaired) electrons. The van der Waals surface area contributed by atoms with Crippen molar-refractivity contribution in [2.75, 3.05) is 31.1 Å². The zero-order chi connectivity index (χ0) is 26.8. The molecule has 3 heterocycles. The number of benzene rings is 3. The first-order valence-corrected chi connectivity index (χ1v) is 13.7. The predicted molar refractivity (Wildman–Crippen MR) is 156 cm³/mol. The maximum atomic E-state index is 10.3. The van der Waals surface area contributed by atoms with Gasteiger partial charge in [-0.05, 0) is 44.0 Å². The monoisotopic (exact) mass is 518 g/mol. The topological polar surface area (TPSA) is 70.3 Å². The molecule has 1 saturated heterocycles. The number of nitrogens with zero attached hydrogens (tertiary/aromatic N) is 6. The summed E-state index contributed by atoms with van der Waals surface area (Å²) in [7, 11) is 0. The van der Waals surface area contributed by atoms with Gasteiger partial charge in [0.05, 0.1) is 16.8 Å². The first-order chi connectivity index (χ1) is 19.0. The van der Waals surface area contributed by atoms with Crippen molar-refractivity contribution in [3.63, 3.8) is 0 Å². The smallest absolute Gasteiger partial charge is 0.169 e. The molecule has 39 heavy (non-hydrogen) atoms. The van der Waals surface area contributed by atoms with E-state index in [1.807, 2.05) is 41.1 Å². The van der Waals surface area contributed by atoms with E-state index < -0.39 is 0 Å². The Bertz CT molecular complexity index is 1580. The summed E-state index contributed by atoms with van der Waals surface area (Å²) in [6.07, 6.45) is 1.67. The Kier molecular flexibility index (Phi) is 6.99. The molecule has 0 saturated carbocycles. The molecule has 7 heteroatoms. The van der Waals surface area contributed by atoms with Gasteiger partial charge in [-0.2, -0.15) is 5.10 Å². The second kappa shape index (κ2) is 10.9. The summed E-state index contributed by atoms with van der Waals surface area (Å²) in [5.74, 6) is 2.13. The molecule has 1 N–H and O–H groups in total. The zero-order valence-corrected chi connectivity index (χ0v) is 22.6. The van der Waals surface area contributed by atoms with Crippen molar-refractivity contribution in [2.24, 2.45) is 0 Å². The molecule has 6 rings (SSSR count). The number of phenols is 1. The predicted octanol–water partition coefficient (Wildman–Crippen LogP) is 5.44. The van der Waals surface area contributed by atoms with Crippen molar-refractivity contribution in [1.29, 1.82) is 0 Å². The third kappa shape index (κ3) is 5.36. The lowest BCUT2D eigenvalue weighted by Gasteiger charge is -2.24. The van der Waals surface area contributed by atoms with Gasteiger partial charge >= 0.3 is 0 Å². The summed E-state index contributed by atoms with van der Waals surface area (Å²) >= 11 is 0. The van der Waals surface area contributed by atoms with E-state index >= 15 is 0 Å². The van der Waals surface area contributed by atoms with E-state index in [1.54, 1.807) is 6.07 Å². The molecule has 0 atom stereocenters. The van der Waals surface area contributed by atoms with Crippen molar-refractivity contribution in [3.8, 4) is 11.4 Å². The quantitative estimate of drug-likeness (QED) is 0.323. The largest absolute Gasteiger partial charge is 0.508 e. The van der Waals surface area contributed by atoms with Crippen LogP contribution < -0.4 is 4.90 Å². The zero-order valence-electron chi connectivity index (χ0n) is 22.6.